The van der Waals surface area contributed by atoms with Gasteiger partial charge in [-0.3, -0.25) is 5.41 Å². The van der Waals surface area contributed by atoms with E-state index in [9.17, 15) is 5.11 Å². The Labute approximate surface area is 156 Å². The molecule has 5 N–H and O–H groups in total. The SMILES string of the molecule is CCc1ccc(-c2ncnc(Nc3ccc(C(=N)N)cc3Cl)c2O)cc1. The number of aromatic nitrogens is 2. The molecule has 132 valence electrons. The summed E-state index contributed by atoms with van der Waals surface area (Å²) in [6.45, 7) is 2.08. The van der Waals surface area contributed by atoms with Crippen LogP contribution in [0.4, 0.5) is 11.5 Å². The lowest BCUT2D eigenvalue weighted by molar-refractivity contribution is 0.475. The van der Waals surface area contributed by atoms with Gasteiger partial charge in [0.2, 0.25) is 0 Å². The highest BCUT2D eigenvalue weighted by molar-refractivity contribution is 6.33. The third-order valence-corrected chi connectivity index (χ3v) is 4.30. The number of nitrogens with two attached hydrogens (primary N) is 1. The number of hydrogen-bond acceptors (Lipinski definition) is 5. The molecule has 0 saturated heterocycles. The molecule has 26 heavy (non-hydrogen) atoms. The van der Waals surface area contributed by atoms with Crippen molar-refractivity contribution in [2.24, 2.45) is 5.73 Å². The van der Waals surface area contributed by atoms with Gasteiger partial charge in [0.15, 0.2) is 11.6 Å². The van der Waals surface area contributed by atoms with Gasteiger partial charge in [-0.15, -0.1) is 0 Å². The summed E-state index contributed by atoms with van der Waals surface area (Å²) >= 11 is 6.23. The third kappa shape index (κ3) is 3.60. The van der Waals surface area contributed by atoms with Crippen molar-refractivity contribution in [2.75, 3.05) is 5.32 Å². The van der Waals surface area contributed by atoms with E-state index in [1.165, 1.54) is 11.9 Å². The van der Waals surface area contributed by atoms with Gasteiger partial charge < -0.3 is 16.2 Å². The largest absolute Gasteiger partial charge is 0.503 e. The standard InChI is InChI=1S/C19H18ClN5O/c1-2-11-3-5-12(6-4-11)16-17(26)19(24-10-23-16)25-15-8-7-13(18(21)22)9-14(15)20/h3-10,26H,2H2,1H3,(H3,21,22)(H,23,24,25). The van der Waals surface area contributed by atoms with Crippen LogP contribution in [0.15, 0.2) is 48.8 Å². The molecule has 0 saturated carbocycles. The van der Waals surface area contributed by atoms with Gasteiger partial charge in [0, 0.05) is 11.1 Å². The summed E-state index contributed by atoms with van der Waals surface area (Å²) in [4.78, 5) is 8.28. The fourth-order valence-electron chi connectivity index (χ4n) is 2.49. The van der Waals surface area contributed by atoms with Crippen molar-refractivity contribution in [1.82, 2.24) is 9.97 Å². The topological polar surface area (TPSA) is 108 Å². The minimum atomic E-state index is -0.0684. The maximum Gasteiger partial charge on any atom is 0.185 e. The summed E-state index contributed by atoms with van der Waals surface area (Å²) in [7, 11) is 0. The van der Waals surface area contributed by atoms with Gasteiger partial charge in [0.05, 0.1) is 10.7 Å². The number of rotatable bonds is 5. The molecular weight excluding hydrogens is 350 g/mol. The number of amidine groups is 1. The number of nitrogens with one attached hydrogen (secondary N) is 2. The second-order valence-corrected chi connectivity index (χ2v) is 6.11. The van der Waals surface area contributed by atoms with Crippen molar-refractivity contribution in [3.05, 3.63) is 64.9 Å². The molecule has 0 aliphatic rings. The van der Waals surface area contributed by atoms with Gasteiger partial charge in [-0.25, -0.2) is 9.97 Å². The Balaban J connectivity index is 1.93. The highest BCUT2D eigenvalue weighted by Crippen LogP contribution is 2.35. The number of aryl methyl sites for hydroxylation is 1. The molecule has 0 atom stereocenters. The van der Waals surface area contributed by atoms with Crippen molar-refractivity contribution in [3.63, 3.8) is 0 Å². The van der Waals surface area contributed by atoms with E-state index in [0.717, 1.165) is 12.0 Å². The van der Waals surface area contributed by atoms with E-state index in [0.29, 0.717) is 22.0 Å². The molecule has 0 radical (unpaired) electrons. The first-order valence-electron chi connectivity index (χ1n) is 8.03. The van der Waals surface area contributed by atoms with Crippen LogP contribution in [-0.2, 0) is 6.42 Å². The lowest BCUT2D eigenvalue weighted by Crippen LogP contribution is -2.11. The van der Waals surface area contributed by atoms with Gasteiger partial charge in [-0.1, -0.05) is 42.8 Å². The summed E-state index contributed by atoms with van der Waals surface area (Å²) in [6, 6.07) is 12.8. The van der Waals surface area contributed by atoms with Crippen LogP contribution in [0, 0.1) is 5.41 Å². The predicted molar refractivity (Wildman–Crippen MR) is 104 cm³/mol. The lowest BCUT2D eigenvalue weighted by atomic mass is 10.1. The normalized spacial score (nSPS) is 10.5. The maximum atomic E-state index is 10.6. The molecule has 1 aromatic heterocycles. The predicted octanol–water partition coefficient (Wildman–Crippen LogP) is 4.09. The van der Waals surface area contributed by atoms with Crippen molar-refractivity contribution >= 4 is 28.9 Å². The van der Waals surface area contributed by atoms with Crippen LogP contribution >= 0.6 is 11.6 Å². The highest BCUT2D eigenvalue weighted by atomic mass is 35.5. The number of benzene rings is 2. The minimum Gasteiger partial charge on any atom is -0.503 e. The number of anilines is 2. The van der Waals surface area contributed by atoms with E-state index in [1.807, 2.05) is 24.3 Å². The van der Waals surface area contributed by atoms with E-state index in [1.54, 1.807) is 18.2 Å². The lowest BCUT2D eigenvalue weighted by Gasteiger charge is -2.12. The fraction of sp³-hybridized carbons (Fsp3) is 0.105. The molecule has 6 nitrogen and oxygen atoms in total. The van der Waals surface area contributed by atoms with Crippen LogP contribution in [0.2, 0.25) is 5.02 Å². The highest BCUT2D eigenvalue weighted by Gasteiger charge is 2.14. The van der Waals surface area contributed by atoms with Crippen molar-refractivity contribution in [3.8, 4) is 17.0 Å². The van der Waals surface area contributed by atoms with Gasteiger partial charge in [0.25, 0.3) is 0 Å². The van der Waals surface area contributed by atoms with E-state index in [-0.39, 0.29) is 17.4 Å². The number of nitrogen functional groups attached to an aromatic ring is 1. The summed E-state index contributed by atoms with van der Waals surface area (Å²) in [5, 5.41) is 21.4. The molecule has 7 heteroatoms. The summed E-state index contributed by atoms with van der Waals surface area (Å²) in [5.41, 5.74) is 8.95. The molecule has 0 fully saturated rings. The number of halogens is 1. The van der Waals surface area contributed by atoms with Gasteiger partial charge in [-0.05, 0) is 30.2 Å². The first kappa shape index (κ1) is 17.7. The van der Waals surface area contributed by atoms with E-state index < -0.39 is 0 Å². The molecule has 0 unspecified atom stereocenters. The zero-order chi connectivity index (χ0) is 18.7. The van der Waals surface area contributed by atoms with Crippen LogP contribution < -0.4 is 11.1 Å². The zero-order valence-corrected chi connectivity index (χ0v) is 14.9. The molecule has 0 aliphatic heterocycles. The second kappa shape index (κ2) is 7.41. The molecule has 0 amide bonds. The average Bonchev–Trinajstić information content (AvgIpc) is 2.65. The third-order valence-electron chi connectivity index (χ3n) is 3.99. The monoisotopic (exact) mass is 367 g/mol. The first-order valence-corrected chi connectivity index (χ1v) is 8.41. The van der Waals surface area contributed by atoms with Gasteiger partial charge in [-0.2, -0.15) is 0 Å². The van der Waals surface area contributed by atoms with Crippen LogP contribution in [-0.4, -0.2) is 20.9 Å². The molecule has 0 bridgehead atoms. The minimum absolute atomic E-state index is 0.0662. The van der Waals surface area contributed by atoms with E-state index >= 15 is 0 Å². The van der Waals surface area contributed by atoms with E-state index in [4.69, 9.17) is 22.7 Å². The number of aromatic hydroxyl groups is 1. The Morgan fingerprint density at radius 2 is 1.92 bits per heavy atom. The van der Waals surface area contributed by atoms with Crippen molar-refractivity contribution < 1.29 is 5.11 Å². The Morgan fingerprint density at radius 3 is 2.54 bits per heavy atom. The zero-order valence-electron chi connectivity index (χ0n) is 14.1. The Kier molecular flexibility index (Phi) is 5.04. The molecule has 3 rings (SSSR count). The van der Waals surface area contributed by atoms with Crippen LogP contribution in [0.5, 0.6) is 5.75 Å². The molecule has 0 spiro atoms. The van der Waals surface area contributed by atoms with Crippen molar-refractivity contribution in [2.45, 2.75) is 13.3 Å². The van der Waals surface area contributed by atoms with Crippen molar-refractivity contribution in [1.29, 1.82) is 5.41 Å². The number of nitrogens with zero attached hydrogens (tertiary/aromatic N) is 2. The Morgan fingerprint density at radius 1 is 1.19 bits per heavy atom. The smallest absolute Gasteiger partial charge is 0.185 e. The fourth-order valence-corrected chi connectivity index (χ4v) is 2.72. The molecule has 2 aromatic carbocycles. The molecule has 1 heterocycles. The first-order chi connectivity index (χ1) is 12.5. The van der Waals surface area contributed by atoms with E-state index in [2.05, 4.69) is 22.2 Å². The molecular formula is C19H18ClN5O. The van der Waals surface area contributed by atoms with Gasteiger partial charge in [0.1, 0.15) is 17.9 Å². The van der Waals surface area contributed by atoms with Crippen LogP contribution in [0.25, 0.3) is 11.3 Å². The maximum absolute atomic E-state index is 10.6. The number of hydrogen-bond donors (Lipinski definition) is 4. The molecule has 3 aromatic rings. The van der Waals surface area contributed by atoms with Gasteiger partial charge >= 0.3 is 0 Å². The summed E-state index contributed by atoms with van der Waals surface area (Å²) < 4.78 is 0. The average molecular weight is 368 g/mol. The Hall–Kier alpha value is -3.12. The van der Waals surface area contributed by atoms with Crippen LogP contribution in [0.3, 0.4) is 0 Å². The second-order valence-electron chi connectivity index (χ2n) is 5.70. The molecule has 0 aliphatic carbocycles. The summed E-state index contributed by atoms with van der Waals surface area (Å²) in [6.07, 6.45) is 2.32. The Bertz CT molecular complexity index is 957. The summed E-state index contributed by atoms with van der Waals surface area (Å²) in [5.74, 6) is 0.108. The quantitative estimate of drug-likeness (QED) is 0.401. The van der Waals surface area contributed by atoms with Crippen LogP contribution in [0.1, 0.15) is 18.1 Å².